The molecule has 0 rings (SSSR count). The maximum Gasteiger partial charge on any atom is 2.00 e. The second-order valence-corrected chi connectivity index (χ2v) is 1.66. The van der Waals surface area contributed by atoms with Gasteiger partial charge >= 0.3 is 43.7 Å². The Labute approximate surface area is 82.6 Å². The summed E-state index contributed by atoms with van der Waals surface area (Å²) < 4.78 is 4.61. The minimum atomic E-state index is -0.213. The van der Waals surface area contributed by atoms with Crippen LogP contribution in [0, 0.1) is 0 Å². The fraction of sp³-hybridized carbons (Fsp3) is 0.800. The van der Waals surface area contributed by atoms with Gasteiger partial charge in [0, 0.05) is 6.92 Å². The molecule has 2 nitrogen and oxygen atoms in total. The Morgan fingerprint density at radius 1 is 1.62 bits per heavy atom. The van der Waals surface area contributed by atoms with E-state index in [2.05, 4.69) is 4.74 Å². The number of rotatable bonds is 1. The fourth-order valence-electron chi connectivity index (χ4n) is 0.332. The molecular weight excluding hydrogens is 132 g/mol. The zero-order chi connectivity index (χ0) is 5.86. The third-order valence-electron chi connectivity index (χ3n) is 0.402. The molecule has 0 aromatic rings. The molecule has 46 valence electrons. The molecule has 0 aliphatic rings. The van der Waals surface area contributed by atoms with Crippen LogP contribution in [0.15, 0.2) is 0 Å². The Kier molecular flexibility index (Phi) is 8.43. The molecule has 0 saturated heterocycles. The first-order valence-corrected chi connectivity index (χ1v) is 2.30. The van der Waals surface area contributed by atoms with Crippen LogP contribution in [0.2, 0.25) is 0 Å². The number of esters is 1. The number of carbonyl (C=O) groups is 1. The Morgan fingerprint density at radius 2 is 2.00 bits per heavy atom. The largest absolute Gasteiger partial charge is 2.00 e. The van der Waals surface area contributed by atoms with Crippen molar-refractivity contribution < 1.29 is 12.4 Å². The molecule has 0 fully saturated rings. The van der Waals surface area contributed by atoms with Crippen LogP contribution >= 0.6 is 0 Å². The summed E-state index contributed by atoms with van der Waals surface area (Å²) in [7, 11) is 0. The van der Waals surface area contributed by atoms with Crippen LogP contribution in [0.25, 0.3) is 0 Å². The van der Waals surface area contributed by atoms with Crippen LogP contribution in [0.3, 0.4) is 0 Å². The number of hydrogen-bond donors (Lipinski definition) is 0. The predicted octanol–water partition coefficient (Wildman–Crippen LogP) is 0.802. The molecule has 0 amide bonds. The Morgan fingerprint density at radius 3 is 2.00 bits per heavy atom. The summed E-state index contributed by atoms with van der Waals surface area (Å²) in [6.45, 7) is 5.04. The van der Waals surface area contributed by atoms with Gasteiger partial charge in [0.05, 0.1) is 6.10 Å². The van der Waals surface area contributed by atoms with E-state index in [0.717, 1.165) is 0 Å². The van der Waals surface area contributed by atoms with Crippen molar-refractivity contribution in [1.29, 1.82) is 0 Å². The summed E-state index contributed by atoms with van der Waals surface area (Å²) in [5.41, 5.74) is 0. The van der Waals surface area contributed by atoms with E-state index in [-0.39, 0.29) is 52.7 Å². The van der Waals surface area contributed by atoms with Crippen molar-refractivity contribution in [2.75, 3.05) is 0 Å². The van der Waals surface area contributed by atoms with Crippen LogP contribution < -0.4 is 0 Å². The first-order valence-electron chi connectivity index (χ1n) is 2.30. The van der Waals surface area contributed by atoms with Crippen LogP contribution in [0.5, 0.6) is 0 Å². The SMILES string of the molecule is CC(=O)OC(C)C.[Ca+2].[H-].[H-]. The Hall–Kier alpha value is 0.730. The molecule has 0 spiro atoms. The van der Waals surface area contributed by atoms with E-state index in [0.29, 0.717) is 0 Å². The van der Waals surface area contributed by atoms with Crippen molar-refractivity contribution in [2.45, 2.75) is 26.9 Å². The maximum absolute atomic E-state index is 10.0. The maximum atomic E-state index is 10.0. The van der Waals surface area contributed by atoms with Gasteiger partial charge in [0.25, 0.3) is 0 Å². The molecule has 0 N–H and O–H groups in total. The third kappa shape index (κ3) is 9.88. The third-order valence-corrected chi connectivity index (χ3v) is 0.402. The first kappa shape index (κ1) is 11.5. The van der Waals surface area contributed by atoms with Crippen LogP contribution in [-0.2, 0) is 9.53 Å². The van der Waals surface area contributed by atoms with Crippen LogP contribution in [0.1, 0.15) is 23.6 Å². The second kappa shape index (κ2) is 5.86. The zero-order valence-corrected chi connectivity index (χ0v) is 7.81. The van der Waals surface area contributed by atoms with Gasteiger partial charge in [0.2, 0.25) is 0 Å². The van der Waals surface area contributed by atoms with E-state index in [1.54, 1.807) is 0 Å². The number of ether oxygens (including phenoxy) is 1. The molecule has 0 saturated carbocycles. The molecule has 8 heavy (non-hydrogen) atoms. The van der Waals surface area contributed by atoms with Gasteiger partial charge in [0.1, 0.15) is 0 Å². The number of carbonyl (C=O) groups excluding carboxylic acids is 1. The normalized spacial score (nSPS) is 8.00. The molecule has 0 aliphatic carbocycles. The monoisotopic (exact) mass is 144 g/mol. The van der Waals surface area contributed by atoms with E-state index in [1.165, 1.54) is 6.92 Å². The van der Waals surface area contributed by atoms with E-state index < -0.39 is 0 Å². The van der Waals surface area contributed by atoms with Gasteiger partial charge < -0.3 is 7.59 Å². The minimum absolute atomic E-state index is 0. The summed E-state index contributed by atoms with van der Waals surface area (Å²) in [5, 5.41) is 0. The molecule has 0 aromatic heterocycles. The standard InChI is InChI=1S/C5H10O2.Ca.2H/c1-4(2)7-5(3)6;;;/h4H,1-3H3;;;/q;+2;2*-1. The summed E-state index contributed by atoms with van der Waals surface area (Å²) in [6, 6.07) is 0. The molecular formula is C5H12CaO2. The van der Waals surface area contributed by atoms with Crippen molar-refractivity contribution in [1.82, 2.24) is 0 Å². The summed E-state index contributed by atoms with van der Waals surface area (Å²) in [6.07, 6.45) is 0.0255. The topological polar surface area (TPSA) is 26.3 Å². The Balaban J connectivity index is -0.0000000600. The van der Waals surface area contributed by atoms with Gasteiger partial charge in [0.15, 0.2) is 0 Å². The molecule has 0 atom stereocenters. The van der Waals surface area contributed by atoms with Crippen molar-refractivity contribution >= 4 is 43.7 Å². The zero-order valence-electron chi connectivity index (χ0n) is 7.60. The van der Waals surface area contributed by atoms with Gasteiger partial charge in [-0.2, -0.15) is 0 Å². The smallest absolute Gasteiger partial charge is 1.00 e. The molecule has 0 bridgehead atoms. The number of hydrogen-bond acceptors (Lipinski definition) is 2. The average Bonchev–Trinajstić information content (AvgIpc) is 1.27. The molecule has 0 aliphatic heterocycles. The van der Waals surface area contributed by atoms with Gasteiger partial charge in [-0.15, -0.1) is 0 Å². The fourth-order valence-corrected chi connectivity index (χ4v) is 0.332. The minimum Gasteiger partial charge on any atom is -1.00 e. The van der Waals surface area contributed by atoms with Gasteiger partial charge in [-0.3, -0.25) is 4.79 Å². The molecule has 0 radical (unpaired) electrons. The van der Waals surface area contributed by atoms with E-state index in [4.69, 9.17) is 0 Å². The second-order valence-electron chi connectivity index (χ2n) is 1.66. The van der Waals surface area contributed by atoms with Crippen molar-refractivity contribution in [3.05, 3.63) is 0 Å². The van der Waals surface area contributed by atoms with Gasteiger partial charge in [-0.25, -0.2) is 0 Å². The summed E-state index contributed by atoms with van der Waals surface area (Å²) in [5.74, 6) is -0.213. The summed E-state index contributed by atoms with van der Waals surface area (Å²) >= 11 is 0. The summed E-state index contributed by atoms with van der Waals surface area (Å²) in [4.78, 5) is 10.0. The van der Waals surface area contributed by atoms with Crippen molar-refractivity contribution in [3.63, 3.8) is 0 Å². The predicted molar refractivity (Wildman–Crippen MR) is 34.9 cm³/mol. The molecule has 3 heteroatoms. The average molecular weight is 144 g/mol. The quantitative estimate of drug-likeness (QED) is 0.402. The van der Waals surface area contributed by atoms with Crippen molar-refractivity contribution in [3.8, 4) is 0 Å². The van der Waals surface area contributed by atoms with Crippen LogP contribution in [0.4, 0.5) is 0 Å². The first-order chi connectivity index (χ1) is 3.13. The van der Waals surface area contributed by atoms with Crippen LogP contribution in [-0.4, -0.2) is 49.8 Å². The van der Waals surface area contributed by atoms with E-state index in [9.17, 15) is 4.79 Å². The van der Waals surface area contributed by atoms with Crippen molar-refractivity contribution in [2.24, 2.45) is 0 Å². The molecule has 0 aromatic carbocycles. The Bertz CT molecular complexity index is 78.0. The van der Waals surface area contributed by atoms with E-state index >= 15 is 0 Å². The van der Waals surface area contributed by atoms with Gasteiger partial charge in [-0.05, 0) is 13.8 Å². The molecule has 0 unspecified atom stereocenters. The van der Waals surface area contributed by atoms with Gasteiger partial charge in [-0.1, -0.05) is 0 Å². The van der Waals surface area contributed by atoms with E-state index in [1.807, 2.05) is 13.8 Å². The molecule has 0 heterocycles.